The molecule has 0 radical (unpaired) electrons. The van der Waals surface area contributed by atoms with Crippen molar-refractivity contribution in [2.45, 2.75) is 152 Å². The Kier molecular flexibility index (Phi) is 11.9. The van der Waals surface area contributed by atoms with Crippen molar-refractivity contribution in [3.8, 4) is 0 Å². The summed E-state index contributed by atoms with van der Waals surface area (Å²) < 4.78 is 5.23. The van der Waals surface area contributed by atoms with E-state index in [0.717, 1.165) is 0 Å². The van der Waals surface area contributed by atoms with Crippen molar-refractivity contribution in [2.75, 3.05) is 9.80 Å². The van der Waals surface area contributed by atoms with Crippen molar-refractivity contribution in [3.05, 3.63) is 204 Å². The van der Waals surface area contributed by atoms with E-state index in [4.69, 9.17) is 0 Å². The Labute approximate surface area is 482 Å². The van der Waals surface area contributed by atoms with Crippen LogP contribution < -0.4 is 9.80 Å². The molecule has 4 aliphatic rings. The standard InChI is InChI=1S/C78H74N4/c1-5-17-51(18-6-1)55-29-37-59(38-30-55)79(60-39-31-56(32-40-60)52-19-7-2-8-20-52)71-47-45-63-67-49-74-68(50-73(67)81-69-27-15-13-25-65(69)75(71)77(63)81)64-46-48-72(76-66-26-14-16-28-70(66)82(74)78(64)76)80(61-41-33-57(34-42-61)53-21-9-3-10-22-53)62-43-35-58(36-44-62)54-23-11-4-12-24-54/h13-16,25-54H,1-12,17-24H2. The molecule has 0 bridgehead atoms. The van der Waals surface area contributed by atoms with E-state index >= 15 is 0 Å². The number of anilines is 6. The van der Waals surface area contributed by atoms with Gasteiger partial charge in [0.25, 0.3) is 0 Å². The normalized spacial score (nSPS) is 17.6. The molecule has 0 saturated heterocycles. The molecule has 4 saturated carbocycles. The van der Waals surface area contributed by atoms with Gasteiger partial charge in [-0.25, -0.2) is 0 Å². The Bertz CT molecular complexity index is 4050. The summed E-state index contributed by atoms with van der Waals surface area (Å²) in [5.74, 6) is 2.65. The molecule has 4 nitrogen and oxygen atoms in total. The largest absolute Gasteiger partial charge is 0.310 e. The number of para-hydroxylation sites is 2. The maximum atomic E-state index is 2.61. The van der Waals surface area contributed by atoms with Gasteiger partial charge < -0.3 is 18.6 Å². The highest BCUT2D eigenvalue weighted by atomic mass is 15.2. The number of hydrogen-bond acceptors (Lipinski definition) is 2. The number of fused-ring (bicyclic) bond motifs is 12. The third-order valence-electron chi connectivity index (χ3n) is 21.2. The lowest BCUT2D eigenvalue weighted by molar-refractivity contribution is 0.443. The van der Waals surface area contributed by atoms with E-state index in [1.54, 1.807) is 0 Å². The molecule has 9 aromatic carbocycles. The van der Waals surface area contributed by atoms with Crippen LogP contribution in [0.2, 0.25) is 0 Å². The minimum absolute atomic E-state index is 0.663. The van der Waals surface area contributed by atoms with Gasteiger partial charge in [-0.15, -0.1) is 0 Å². The van der Waals surface area contributed by atoms with Gasteiger partial charge in [0, 0.05) is 65.8 Å². The second-order valence-electron chi connectivity index (χ2n) is 25.7. The predicted molar refractivity (Wildman–Crippen MR) is 348 cm³/mol. The smallest absolute Gasteiger partial charge is 0.0641 e. The molecule has 0 atom stereocenters. The number of aromatic nitrogens is 2. The van der Waals surface area contributed by atoms with Gasteiger partial charge in [-0.05, 0) is 182 Å². The summed E-state index contributed by atoms with van der Waals surface area (Å²) in [6.07, 6.45) is 26.7. The number of rotatable bonds is 10. The van der Waals surface area contributed by atoms with Crippen LogP contribution in [0.3, 0.4) is 0 Å². The van der Waals surface area contributed by atoms with E-state index in [9.17, 15) is 0 Å². The lowest BCUT2D eigenvalue weighted by atomic mass is 9.84. The summed E-state index contributed by atoms with van der Waals surface area (Å²) >= 11 is 0. The maximum Gasteiger partial charge on any atom is 0.0641 e. The molecule has 0 N–H and O–H groups in total. The summed E-state index contributed by atoms with van der Waals surface area (Å²) in [5.41, 5.74) is 21.0. The highest BCUT2D eigenvalue weighted by molar-refractivity contribution is 6.32. The zero-order chi connectivity index (χ0) is 53.8. The molecule has 0 aliphatic heterocycles. The van der Waals surface area contributed by atoms with Crippen molar-refractivity contribution in [3.63, 3.8) is 0 Å². The van der Waals surface area contributed by atoms with E-state index in [0.29, 0.717) is 23.7 Å². The molecule has 13 aromatic rings. The first kappa shape index (κ1) is 48.8. The fourth-order valence-electron chi connectivity index (χ4n) is 17.0. The van der Waals surface area contributed by atoms with Gasteiger partial charge in [0.1, 0.15) is 0 Å². The Morgan fingerprint density at radius 1 is 0.256 bits per heavy atom. The van der Waals surface area contributed by atoms with Crippen molar-refractivity contribution < 1.29 is 0 Å². The SMILES string of the molecule is c1ccc2c(c1)c1c(N(c3ccc(C4CCCCC4)cc3)c3ccc(C4CCCCC4)cc3)ccc3c4cc5c(cc4n2c31)c1ccc(N(c2ccc(C3CCCCC3)cc2)c2ccc(C3CCCCC3)cc2)c2c3ccccc3n5c12. The number of benzene rings is 9. The number of nitrogens with zero attached hydrogens (tertiary/aromatic N) is 4. The third-order valence-corrected chi connectivity index (χ3v) is 21.2. The molecule has 4 aliphatic carbocycles. The molecule has 4 heteroatoms. The zero-order valence-corrected chi connectivity index (χ0v) is 47.6. The highest BCUT2D eigenvalue weighted by Crippen LogP contribution is 2.52. The van der Waals surface area contributed by atoms with Gasteiger partial charge in [0.05, 0.1) is 44.5 Å². The average Bonchev–Trinajstić information content (AvgIpc) is 4.45. The predicted octanol–water partition coefficient (Wildman–Crippen LogP) is 23.1. The van der Waals surface area contributed by atoms with E-state index in [1.807, 2.05) is 0 Å². The summed E-state index contributed by atoms with van der Waals surface area (Å²) in [6, 6.07) is 72.2. The van der Waals surface area contributed by atoms with Crippen molar-refractivity contribution in [2.24, 2.45) is 0 Å². The van der Waals surface area contributed by atoms with Crippen molar-refractivity contribution >= 4 is 110 Å². The molecule has 4 heterocycles. The van der Waals surface area contributed by atoms with Gasteiger partial charge >= 0.3 is 0 Å². The van der Waals surface area contributed by atoms with Gasteiger partial charge in [0.15, 0.2) is 0 Å². The molecular formula is C78H74N4. The maximum absolute atomic E-state index is 2.61. The second-order valence-corrected chi connectivity index (χ2v) is 25.7. The lowest BCUT2D eigenvalue weighted by Gasteiger charge is -2.28. The van der Waals surface area contributed by atoms with E-state index in [1.165, 1.54) is 261 Å². The van der Waals surface area contributed by atoms with Crippen LogP contribution in [0.4, 0.5) is 34.1 Å². The van der Waals surface area contributed by atoms with Gasteiger partial charge in [-0.1, -0.05) is 174 Å². The molecule has 0 spiro atoms. The number of hydrogen-bond donors (Lipinski definition) is 0. The van der Waals surface area contributed by atoms with E-state index in [-0.39, 0.29) is 0 Å². The third kappa shape index (κ3) is 7.83. The molecule has 4 fully saturated rings. The Balaban J connectivity index is 0.853. The molecule has 82 heavy (non-hydrogen) atoms. The van der Waals surface area contributed by atoms with Crippen LogP contribution in [0.5, 0.6) is 0 Å². The van der Waals surface area contributed by atoms with E-state index < -0.39 is 0 Å². The monoisotopic (exact) mass is 1070 g/mol. The average molecular weight is 1070 g/mol. The minimum atomic E-state index is 0.663. The fraction of sp³-hybridized carbons (Fsp3) is 0.308. The van der Waals surface area contributed by atoms with Crippen LogP contribution in [0.25, 0.3) is 76.2 Å². The molecule has 406 valence electrons. The topological polar surface area (TPSA) is 15.3 Å². The fourth-order valence-corrected chi connectivity index (χ4v) is 17.0. The van der Waals surface area contributed by atoms with Crippen molar-refractivity contribution in [1.82, 2.24) is 8.80 Å². The lowest BCUT2D eigenvalue weighted by Crippen LogP contribution is -2.12. The molecule has 17 rings (SSSR count). The quantitative estimate of drug-likeness (QED) is 0.136. The van der Waals surface area contributed by atoms with Crippen LogP contribution >= 0.6 is 0 Å². The highest BCUT2D eigenvalue weighted by Gasteiger charge is 2.30. The second kappa shape index (κ2) is 20.0. The molecule has 4 aromatic heterocycles. The Morgan fingerprint density at radius 3 is 0.854 bits per heavy atom. The van der Waals surface area contributed by atoms with Gasteiger partial charge in [-0.2, -0.15) is 0 Å². The summed E-state index contributed by atoms with van der Waals surface area (Å²) in [4.78, 5) is 5.15. The van der Waals surface area contributed by atoms with Crippen LogP contribution in [-0.2, 0) is 0 Å². The Hall–Kier alpha value is -7.82. The zero-order valence-electron chi connectivity index (χ0n) is 47.6. The van der Waals surface area contributed by atoms with E-state index in [2.05, 4.69) is 201 Å². The molecule has 0 amide bonds. The van der Waals surface area contributed by atoms with Crippen LogP contribution in [0.15, 0.2) is 182 Å². The molecular weight excluding hydrogens is 993 g/mol. The van der Waals surface area contributed by atoms with Gasteiger partial charge in [0.2, 0.25) is 0 Å². The summed E-state index contributed by atoms with van der Waals surface area (Å²) in [5, 5.41) is 10.4. The van der Waals surface area contributed by atoms with Crippen LogP contribution in [0, 0.1) is 0 Å². The first-order valence-corrected chi connectivity index (χ1v) is 32.0. The van der Waals surface area contributed by atoms with Crippen LogP contribution in [0.1, 0.15) is 174 Å². The van der Waals surface area contributed by atoms with Gasteiger partial charge in [-0.3, -0.25) is 0 Å². The summed E-state index contributed by atoms with van der Waals surface area (Å²) in [7, 11) is 0. The molecule has 0 unspecified atom stereocenters. The van der Waals surface area contributed by atoms with Crippen LogP contribution in [-0.4, -0.2) is 8.80 Å². The first-order chi connectivity index (χ1) is 40.7. The minimum Gasteiger partial charge on any atom is -0.310 e. The first-order valence-electron chi connectivity index (χ1n) is 32.0. The Morgan fingerprint density at radius 2 is 0.549 bits per heavy atom. The summed E-state index contributed by atoms with van der Waals surface area (Å²) in [6.45, 7) is 0. The van der Waals surface area contributed by atoms with Crippen molar-refractivity contribution in [1.29, 1.82) is 0 Å².